The molecule has 4 aromatic rings. The Labute approximate surface area is 207 Å². The van der Waals surface area contributed by atoms with E-state index in [0.29, 0.717) is 11.6 Å². The van der Waals surface area contributed by atoms with Crippen molar-refractivity contribution >= 4 is 38.4 Å². The molecule has 6 rings (SSSR count). The molecule has 0 aliphatic carbocycles. The van der Waals surface area contributed by atoms with Gasteiger partial charge in [0, 0.05) is 32.8 Å². The highest BCUT2D eigenvalue weighted by molar-refractivity contribution is 7.22. The fourth-order valence-corrected chi connectivity index (χ4v) is 5.84. The first kappa shape index (κ1) is 22.7. The molecular formula is C25H30N6O3S. The van der Waals surface area contributed by atoms with Crippen LogP contribution >= 0.6 is 11.3 Å². The van der Waals surface area contributed by atoms with Gasteiger partial charge in [-0.2, -0.15) is 0 Å². The van der Waals surface area contributed by atoms with E-state index in [1.165, 1.54) is 5.69 Å². The van der Waals surface area contributed by atoms with Crippen molar-refractivity contribution in [2.75, 3.05) is 58.1 Å². The number of rotatable bonds is 7. The van der Waals surface area contributed by atoms with Crippen LogP contribution in [-0.4, -0.2) is 73.1 Å². The number of anilines is 1. The van der Waals surface area contributed by atoms with Gasteiger partial charge in [0.15, 0.2) is 16.5 Å². The van der Waals surface area contributed by atoms with Crippen molar-refractivity contribution in [1.29, 1.82) is 0 Å². The first-order chi connectivity index (χ1) is 17.3. The van der Waals surface area contributed by atoms with Gasteiger partial charge in [-0.1, -0.05) is 0 Å². The Bertz CT molecular complexity index is 1310. The smallest absolute Gasteiger partial charge is 0.178 e. The van der Waals surface area contributed by atoms with Crippen LogP contribution in [0.5, 0.6) is 5.75 Å². The van der Waals surface area contributed by atoms with Gasteiger partial charge < -0.3 is 29.4 Å². The van der Waals surface area contributed by atoms with E-state index in [9.17, 15) is 0 Å². The van der Waals surface area contributed by atoms with E-state index in [1.54, 1.807) is 18.4 Å². The molecule has 184 valence electrons. The van der Waals surface area contributed by atoms with Crippen molar-refractivity contribution < 1.29 is 14.2 Å². The number of aromatic nitrogens is 4. The van der Waals surface area contributed by atoms with Gasteiger partial charge in [0.1, 0.15) is 11.3 Å². The van der Waals surface area contributed by atoms with Gasteiger partial charge in [0.25, 0.3) is 0 Å². The summed E-state index contributed by atoms with van der Waals surface area (Å²) < 4.78 is 17.7. The average molecular weight is 495 g/mol. The fraction of sp³-hybridized carbons (Fsp3) is 0.480. The highest BCUT2D eigenvalue weighted by atomic mass is 32.1. The van der Waals surface area contributed by atoms with Crippen molar-refractivity contribution in [2.24, 2.45) is 5.92 Å². The molecular weight excluding hydrogens is 464 g/mol. The topological polar surface area (TPSA) is 97.4 Å². The van der Waals surface area contributed by atoms with E-state index in [0.717, 1.165) is 103 Å². The lowest BCUT2D eigenvalue weighted by Gasteiger charge is -2.29. The SMILES string of the molecule is COc1ccc(N2CCOCC2)c2sc(-c3nc4nc(CNCC5CCOCC5)ccc4[nH]3)nc12. The van der Waals surface area contributed by atoms with E-state index < -0.39 is 0 Å². The van der Waals surface area contributed by atoms with Crippen LogP contribution < -0.4 is 15.0 Å². The van der Waals surface area contributed by atoms with E-state index in [-0.39, 0.29) is 0 Å². The molecule has 2 aliphatic heterocycles. The normalized spacial score (nSPS) is 17.5. The molecule has 0 unspecified atom stereocenters. The Morgan fingerprint density at radius 1 is 1.06 bits per heavy atom. The molecule has 5 heterocycles. The van der Waals surface area contributed by atoms with Crippen LogP contribution in [-0.2, 0) is 16.0 Å². The number of thiazole rings is 1. The van der Waals surface area contributed by atoms with Gasteiger partial charge in [0.2, 0.25) is 0 Å². The Balaban J connectivity index is 1.25. The second kappa shape index (κ2) is 10.1. The van der Waals surface area contributed by atoms with Crippen molar-refractivity contribution in [3.8, 4) is 16.6 Å². The number of hydrogen-bond acceptors (Lipinski definition) is 9. The molecule has 0 amide bonds. The summed E-state index contributed by atoms with van der Waals surface area (Å²) in [6, 6.07) is 8.22. The number of nitrogens with zero attached hydrogens (tertiary/aromatic N) is 4. The van der Waals surface area contributed by atoms with Crippen LogP contribution in [0.15, 0.2) is 24.3 Å². The number of benzene rings is 1. The summed E-state index contributed by atoms with van der Waals surface area (Å²) in [7, 11) is 1.69. The van der Waals surface area contributed by atoms with Crippen molar-refractivity contribution in [1.82, 2.24) is 25.3 Å². The minimum atomic E-state index is 0.683. The third-order valence-electron chi connectivity index (χ3n) is 6.74. The molecule has 0 saturated carbocycles. The zero-order valence-corrected chi connectivity index (χ0v) is 20.7. The maximum atomic E-state index is 5.62. The number of pyridine rings is 1. The molecule has 0 bridgehead atoms. The summed E-state index contributed by atoms with van der Waals surface area (Å²) in [5.74, 6) is 2.19. The largest absolute Gasteiger partial charge is 0.494 e. The third kappa shape index (κ3) is 4.71. The molecule has 0 radical (unpaired) electrons. The number of ether oxygens (including phenoxy) is 3. The van der Waals surface area contributed by atoms with E-state index in [4.69, 9.17) is 29.2 Å². The molecule has 0 spiro atoms. The van der Waals surface area contributed by atoms with Gasteiger partial charge in [-0.25, -0.2) is 15.0 Å². The third-order valence-corrected chi connectivity index (χ3v) is 7.83. The number of aromatic amines is 1. The average Bonchev–Trinajstić information content (AvgIpc) is 3.54. The van der Waals surface area contributed by atoms with Crippen LogP contribution in [0.25, 0.3) is 32.2 Å². The van der Waals surface area contributed by atoms with Crippen molar-refractivity contribution in [2.45, 2.75) is 19.4 Å². The lowest BCUT2D eigenvalue weighted by molar-refractivity contribution is 0.0662. The van der Waals surface area contributed by atoms with Crippen LogP contribution in [0.1, 0.15) is 18.5 Å². The molecule has 9 nitrogen and oxygen atoms in total. The van der Waals surface area contributed by atoms with Crippen LogP contribution in [0.4, 0.5) is 5.69 Å². The van der Waals surface area contributed by atoms with Gasteiger partial charge in [-0.3, -0.25) is 0 Å². The number of nitrogens with one attached hydrogen (secondary N) is 2. The van der Waals surface area contributed by atoms with Crippen molar-refractivity contribution in [3.05, 3.63) is 30.0 Å². The van der Waals surface area contributed by atoms with Crippen LogP contribution in [0.3, 0.4) is 0 Å². The second-order valence-electron chi connectivity index (χ2n) is 9.03. The minimum Gasteiger partial charge on any atom is -0.494 e. The van der Waals surface area contributed by atoms with E-state index in [1.807, 2.05) is 6.07 Å². The number of hydrogen-bond donors (Lipinski definition) is 2. The quantitative estimate of drug-likeness (QED) is 0.402. The van der Waals surface area contributed by atoms with Gasteiger partial charge in [0.05, 0.1) is 41.9 Å². The van der Waals surface area contributed by atoms with Gasteiger partial charge in [-0.15, -0.1) is 11.3 Å². The summed E-state index contributed by atoms with van der Waals surface area (Å²) in [4.78, 5) is 20.3. The van der Waals surface area contributed by atoms with Gasteiger partial charge in [-0.05, 0) is 49.6 Å². The van der Waals surface area contributed by atoms with Crippen molar-refractivity contribution in [3.63, 3.8) is 0 Å². The molecule has 0 atom stereocenters. The molecule has 2 fully saturated rings. The summed E-state index contributed by atoms with van der Waals surface area (Å²) >= 11 is 1.63. The lowest BCUT2D eigenvalue weighted by atomic mass is 10.0. The maximum absolute atomic E-state index is 5.62. The number of H-pyrrole nitrogens is 1. The maximum Gasteiger partial charge on any atom is 0.178 e. The highest BCUT2D eigenvalue weighted by Gasteiger charge is 2.21. The zero-order chi connectivity index (χ0) is 23.6. The zero-order valence-electron chi connectivity index (χ0n) is 19.9. The lowest BCUT2D eigenvalue weighted by Crippen LogP contribution is -2.36. The summed E-state index contributed by atoms with van der Waals surface area (Å²) in [6.07, 6.45) is 2.25. The molecule has 2 N–H and O–H groups in total. The first-order valence-electron chi connectivity index (χ1n) is 12.2. The van der Waals surface area contributed by atoms with Crippen LogP contribution in [0.2, 0.25) is 0 Å². The summed E-state index contributed by atoms with van der Waals surface area (Å²) in [6.45, 7) is 6.69. The number of fused-ring (bicyclic) bond motifs is 2. The number of methoxy groups -OCH3 is 1. The Morgan fingerprint density at radius 3 is 2.71 bits per heavy atom. The van der Waals surface area contributed by atoms with E-state index in [2.05, 4.69) is 33.4 Å². The fourth-order valence-electron chi connectivity index (χ4n) is 4.78. The molecule has 3 aromatic heterocycles. The standard InChI is InChI=1S/C25H30N6O3S/c1-32-20-5-4-19(31-8-12-34-13-9-31)22-21(20)29-25(35-22)24-28-18-3-2-17(27-23(18)30-24)15-26-14-16-6-10-33-11-7-16/h2-5,16,26H,6-15H2,1H3,(H,27,28,30). The first-order valence-corrected chi connectivity index (χ1v) is 13.0. The molecule has 2 saturated heterocycles. The predicted octanol–water partition coefficient (Wildman–Crippen LogP) is 3.60. The summed E-state index contributed by atoms with van der Waals surface area (Å²) in [5, 5.41) is 4.38. The van der Waals surface area contributed by atoms with E-state index >= 15 is 0 Å². The second-order valence-corrected chi connectivity index (χ2v) is 10.0. The predicted molar refractivity (Wildman–Crippen MR) is 137 cm³/mol. The molecule has 35 heavy (non-hydrogen) atoms. The van der Waals surface area contributed by atoms with Crippen LogP contribution in [0, 0.1) is 5.92 Å². The Kier molecular flexibility index (Phi) is 6.51. The molecule has 1 aromatic carbocycles. The summed E-state index contributed by atoms with van der Waals surface area (Å²) in [5.41, 5.74) is 4.64. The number of morpholine rings is 1. The Hall–Kier alpha value is -2.79. The van der Waals surface area contributed by atoms with Gasteiger partial charge >= 0.3 is 0 Å². The molecule has 2 aliphatic rings. The Morgan fingerprint density at radius 2 is 1.89 bits per heavy atom. The highest BCUT2D eigenvalue weighted by Crippen LogP contribution is 2.40. The minimum absolute atomic E-state index is 0.683. The monoisotopic (exact) mass is 494 g/mol. The molecule has 10 heteroatoms. The number of imidazole rings is 1.